The van der Waals surface area contributed by atoms with Crippen molar-refractivity contribution in [1.82, 2.24) is 14.1 Å². The molecule has 0 unspecified atom stereocenters. The number of amides is 1. The van der Waals surface area contributed by atoms with Gasteiger partial charge in [-0.15, -0.1) is 11.3 Å². The molecule has 0 saturated heterocycles. The lowest BCUT2D eigenvalue weighted by molar-refractivity contribution is -0.115. The average Bonchev–Trinajstić information content (AvgIpc) is 3.23. The predicted molar refractivity (Wildman–Crippen MR) is 120 cm³/mol. The lowest BCUT2D eigenvalue weighted by Gasteiger charge is -2.17. The van der Waals surface area contributed by atoms with Crippen molar-refractivity contribution < 1.29 is 22.4 Å². The summed E-state index contributed by atoms with van der Waals surface area (Å²) in [6, 6.07) is 4.86. The maximum atomic E-state index is 13.9. The van der Waals surface area contributed by atoms with E-state index in [-0.39, 0.29) is 29.1 Å². The molecule has 3 aromatic rings. The molecule has 1 aliphatic rings. The van der Waals surface area contributed by atoms with Crippen LogP contribution in [0.5, 0.6) is 0 Å². The Bertz CT molecular complexity index is 1490. The third-order valence-electron chi connectivity index (χ3n) is 5.59. The third kappa shape index (κ3) is 4.32. The van der Waals surface area contributed by atoms with Crippen LogP contribution in [0.25, 0.3) is 16.5 Å². The van der Waals surface area contributed by atoms with Gasteiger partial charge in [0.2, 0.25) is 5.91 Å². The van der Waals surface area contributed by atoms with Crippen molar-refractivity contribution in [3.8, 4) is 0 Å². The summed E-state index contributed by atoms with van der Waals surface area (Å²) in [5.41, 5.74) is -0.793. The van der Waals surface area contributed by atoms with Crippen molar-refractivity contribution in [2.45, 2.75) is 25.4 Å². The van der Waals surface area contributed by atoms with Crippen LogP contribution in [-0.4, -0.2) is 26.2 Å². The standard InChI is InChI=1S/C22H18F4N4O3S/c1-29-16-5-3-4-12(18(16)19(32)30(2)21(29)33)9-17(31)28-20-27-15(10-34-20)11-6-7-13(14(23)8-11)22(24,25)26/h3-5,8,10H,6-7,9H2,1-2H3,(H,27,28,31). The SMILES string of the molecule is Cn1c(=O)c2c(CC(=O)Nc3nc(C4=CC(F)=C(C(F)(F)F)CC4)cs3)cccc2n(C)c1=O. The van der Waals surface area contributed by atoms with Crippen molar-refractivity contribution in [2.24, 2.45) is 14.1 Å². The summed E-state index contributed by atoms with van der Waals surface area (Å²) in [5, 5.41) is 4.56. The summed E-state index contributed by atoms with van der Waals surface area (Å²) in [7, 11) is 2.88. The van der Waals surface area contributed by atoms with E-state index in [9.17, 15) is 31.9 Å². The number of benzene rings is 1. The first-order chi connectivity index (χ1) is 16.0. The number of halogens is 4. The molecule has 0 fully saturated rings. The molecule has 4 rings (SSSR count). The van der Waals surface area contributed by atoms with Gasteiger partial charge in [0, 0.05) is 19.5 Å². The minimum absolute atomic E-state index is 0.0304. The summed E-state index contributed by atoms with van der Waals surface area (Å²) < 4.78 is 54.6. The number of rotatable bonds is 4. The highest BCUT2D eigenvalue weighted by Crippen LogP contribution is 2.39. The largest absolute Gasteiger partial charge is 0.415 e. The van der Waals surface area contributed by atoms with Crippen LogP contribution in [-0.2, 0) is 25.3 Å². The number of anilines is 1. The predicted octanol–water partition coefficient (Wildman–Crippen LogP) is 3.84. The molecule has 1 aliphatic carbocycles. The van der Waals surface area contributed by atoms with Gasteiger partial charge in [-0.05, 0) is 36.1 Å². The maximum Gasteiger partial charge on any atom is 0.415 e. The fraction of sp³-hybridized carbons (Fsp3) is 0.273. The molecule has 0 radical (unpaired) electrons. The molecule has 1 amide bonds. The fourth-order valence-electron chi connectivity index (χ4n) is 3.83. The summed E-state index contributed by atoms with van der Waals surface area (Å²) >= 11 is 1.05. The van der Waals surface area contributed by atoms with Gasteiger partial charge in [0.15, 0.2) is 5.13 Å². The first-order valence-corrected chi connectivity index (χ1v) is 10.9. The van der Waals surface area contributed by atoms with Crippen molar-refractivity contribution in [3.05, 3.63) is 73.2 Å². The summed E-state index contributed by atoms with van der Waals surface area (Å²) in [5.74, 6) is -1.81. The number of alkyl halides is 3. The fourth-order valence-corrected chi connectivity index (χ4v) is 4.58. The van der Waals surface area contributed by atoms with E-state index in [4.69, 9.17) is 0 Å². The van der Waals surface area contributed by atoms with Crippen LogP contribution in [0.3, 0.4) is 0 Å². The topological polar surface area (TPSA) is 86.0 Å². The average molecular weight is 494 g/mol. The zero-order chi connectivity index (χ0) is 24.8. The molecule has 2 aromatic heterocycles. The second-order valence-corrected chi connectivity index (χ2v) is 8.63. The van der Waals surface area contributed by atoms with E-state index in [1.807, 2.05) is 0 Å². The Morgan fingerprint density at radius 1 is 1.18 bits per heavy atom. The molecule has 0 saturated carbocycles. The van der Waals surface area contributed by atoms with Gasteiger partial charge >= 0.3 is 11.9 Å². The quantitative estimate of drug-likeness (QED) is 0.559. The highest BCUT2D eigenvalue weighted by molar-refractivity contribution is 7.14. The molecule has 12 heteroatoms. The minimum atomic E-state index is -4.72. The Morgan fingerprint density at radius 2 is 1.91 bits per heavy atom. The molecular weight excluding hydrogens is 476 g/mol. The Kier molecular flexibility index (Phi) is 6.02. The molecule has 0 spiro atoms. The molecule has 0 atom stereocenters. The Labute approximate surface area is 193 Å². The van der Waals surface area contributed by atoms with Gasteiger partial charge in [0.05, 0.1) is 28.6 Å². The number of aryl methyl sites for hydroxylation is 1. The molecule has 34 heavy (non-hydrogen) atoms. The molecule has 1 N–H and O–H groups in total. The highest BCUT2D eigenvalue weighted by atomic mass is 32.1. The molecular formula is C22H18F4N4O3S. The van der Waals surface area contributed by atoms with Crippen LogP contribution < -0.4 is 16.6 Å². The van der Waals surface area contributed by atoms with Gasteiger partial charge in [0.25, 0.3) is 5.56 Å². The van der Waals surface area contributed by atoms with Crippen molar-refractivity contribution >= 4 is 38.9 Å². The molecule has 0 bridgehead atoms. The van der Waals surface area contributed by atoms with Gasteiger partial charge in [-0.25, -0.2) is 14.2 Å². The van der Waals surface area contributed by atoms with Crippen LogP contribution in [0.2, 0.25) is 0 Å². The van der Waals surface area contributed by atoms with Gasteiger partial charge in [-0.2, -0.15) is 13.2 Å². The number of carbonyl (C=O) groups is 1. The lowest BCUT2D eigenvalue weighted by Crippen LogP contribution is -2.37. The number of hydrogen-bond donors (Lipinski definition) is 1. The van der Waals surface area contributed by atoms with Crippen LogP contribution in [0, 0.1) is 0 Å². The van der Waals surface area contributed by atoms with E-state index >= 15 is 0 Å². The van der Waals surface area contributed by atoms with E-state index in [0.717, 1.165) is 22.0 Å². The van der Waals surface area contributed by atoms with Gasteiger partial charge in [-0.1, -0.05) is 12.1 Å². The molecule has 0 aliphatic heterocycles. The number of carbonyl (C=O) groups excluding carboxylic acids is 1. The minimum Gasteiger partial charge on any atom is -0.302 e. The number of thiazole rings is 1. The van der Waals surface area contributed by atoms with E-state index in [1.165, 1.54) is 24.0 Å². The van der Waals surface area contributed by atoms with Crippen LogP contribution >= 0.6 is 11.3 Å². The van der Waals surface area contributed by atoms with E-state index in [0.29, 0.717) is 16.7 Å². The maximum absolute atomic E-state index is 13.9. The molecule has 7 nitrogen and oxygen atoms in total. The van der Waals surface area contributed by atoms with Crippen LogP contribution in [0.1, 0.15) is 24.1 Å². The highest BCUT2D eigenvalue weighted by Gasteiger charge is 2.37. The molecule has 178 valence electrons. The normalized spacial score (nSPS) is 14.5. The zero-order valence-corrected chi connectivity index (χ0v) is 18.8. The number of nitrogens with zero attached hydrogens (tertiary/aromatic N) is 3. The molecule has 2 heterocycles. The molecule has 1 aromatic carbocycles. The smallest absolute Gasteiger partial charge is 0.302 e. The first kappa shape index (κ1) is 23.6. The summed E-state index contributed by atoms with van der Waals surface area (Å²) in [6.45, 7) is 0. The van der Waals surface area contributed by atoms with Gasteiger partial charge in [0.1, 0.15) is 5.83 Å². The van der Waals surface area contributed by atoms with E-state index < -0.39 is 41.2 Å². The number of fused-ring (bicyclic) bond motifs is 1. The van der Waals surface area contributed by atoms with Gasteiger partial charge in [-0.3, -0.25) is 18.7 Å². The van der Waals surface area contributed by atoms with Crippen molar-refractivity contribution in [3.63, 3.8) is 0 Å². The Balaban J connectivity index is 1.55. The van der Waals surface area contributed by atoms with Crippen LogP contribution in [0.15, 0.2) is 50.6 Å². The van der Waals surface area contributed by atoms with E-state index in [1.54, 1.807) is 18.2 Å². The van der Waals surface area contributed by atoms with E-state index in [2.05, 4.69) is 10.3 Å². The summed E-state index contributed by atoms with van der Waals surface area (Å²) in [6.07, 6.45) is -4.59. The van der Waals surface area contributed by atoms with Crippen molar-refractivity contribution in [1.29, 1.82) is 0 Å². The lowest BCUT2D eigenvalue weighted by atomic mass is 9.95. The third-order valence-corrected chi connectivity index (χ3v) is 6.35. The van der Waals surface area contributed by atoms with Gasteiger partial charge < -0.3 is 5.32 Å². The first-order valence-electron chi connectivity index (χ1n) is 10.1. The summed E-state index contributed by atoms with van der Waals surface area (Å²) in [4.78, 5) is 41.6. The monoisotopic (exact) mass is 494 g/mol. The second-order valence-electron chi connectivity index (χ2n) is 7.77. The number of allylic oxidation sites excluding steroid dienone is 4. The number of aromatic nitrogens is 3. The number of nitrogens with one attached hydrogen (secondary N) is 1. The Morgan fingerprint density at radius 3 is 2.59 bits per heavy atom. The Hall–Kier alpha value is -3.54. The van der Waals surface area contributed by atoms with Crippen molar-refractivity contribution in [2.75, 3.05) is 5.32 Å². The van der Waals surface area contributed by atoms with Crippen LogP contribution in [0.4, 0.5) is 22.7 Å². The second kappa shape index (κ2) is 8.67. The number of hydrogen-bond acceptors (Lipinski definition) is 5. The zero-order valence-electron chi connectivity index (χ0n) is 18.0.